The van der Waals surface area contributed by atoms with Crippen molar-refractivity contribution in [2.24, 2.45) is 5.73 Å². The van der Waals surface area contributed by atoms with Gasteiger partial charge in [0.1, 0.15) is 0 Å². The zero-order valence-corrected chi connectivity index (χ0v) is 17.2. The summed E-state index contributed by atoms with van der Waals surface area (Å²) < 4.78 is 0. The van der Waals surface area contributed by atoms with Gasteiger partial charge in [-0.25, -0.2) is 0 Å². The molecule has 0 spiro atoms. The molecule has 4 nitrogen and oxygen atoms in total. The van der Waals surface area contributed by atoms with Gasteiger partial charge in [0.05, 0.1) is 0 Å². The lowest BCUT2D eigenvalue weighted by atomic mass is 9.61. The molecule has 1 fully saturated rings. The van der Waals surface area contributed by atoms with E-state index in [1.807, 2.05) is 6.07 Å². The first-order chi connectivity index (χ1) is 13.4. The summed E-state index contributed by atoms with van der Waals surface area (Å²) in [6.07, 6.45) is 3.17. The van der Waals surface area contributed by atoms with Crippen molar-refractivity contribution in [1.82, 2.24) is 9.80 Å². The van der Waals surface area contributed by atoms with Crippen LogP contribution in [-0.4, -0.2) is 55.0 Å². The van der Waals surface area contributed by atoms with Gasteiger partial charge >= 0.3 is 0 Å². The van der Waals surface area contributed by atoms with Gasteiger partial charge in [-0.3, -0.25) is 4.79 Å². The van der Waals surface area contributed by atoms with Crippen LogP contribution in [0.2, 0.25) is 0 Å². The molecule has 0 saturated carbocycles. The first kappa shape index (κ1) is 19.2. The lowest BCUT2D eigenvalue weighted by Gasteiger charge is -2.57. The third-order valence-corrected chi connectivity index (χ3v) is 7.08. The third-order valence-electron chi connectivity index (χ3n) is 7.08. The summed E-state index contributed by atoms with van der Waals surface area (Å²) in [5.74, 6) is -0.338. The van der Waals surface area contributed by atoms with Crippen molar-refractivity contribution in [3.8, 4) is 0 Å². The number of amides is 1. The Morgan fingerprint density at radius 2 is 2.00 bits per heavy atom. The van der Waals surface area contributed by atoms with Crippen LogP contribution in [-0.2, 0) is 18.3 Å². The second-order valence-corrected chi connectivity index (χ2v) is 8.82. The van der Waals surface area contributed by atoms with E-state index in [-0.39, 0.29) is 11.3 Å². The first-order valence-electron chi connectivity index (χ1n) is 10.3. The molecule has 148 valence electrons. The van der Waals surface area contributed by atoms with Crippen LogP contribution in [0.4, 0.5) is 0 Å². The van der Waals surface area contributed by atoms with Crippen LogP contribution in [0.3, 0.4) is 0 Å². The Kier molecular flexibility index (Phi) is 5.02. The minimum Gasteiger partial charge on any atom is -0.366 e. The van der Waals surface area contributed by atoms with Gasteiger partial charge in [-0.05, 0) is 68.7 Å². The fraction of sp³-hybridized carbons (Fsp3) is 0.458. The quantitative estimate of drug-likeness (QED) is 0.872. The highest BCUT2D eigenvalue weighted by Gasteiger charge is 2.51. The van der Waals surface area contributed by atoms with Crippen molar-refractivity contribution in [3.05, 3.63) is 70.8 Å². The van der Waals surface area contributed by atoms with Gasteiger partial charge in [-0.1, -0.05) is 43.3 Å². The number of nitrogens with two attached hydrogens (primary N) is 1. The summed E-state index contributed by atoms with van der Waals surface area (Å²) in [5, 5.41) is 0. The first-order valence-corrected chi connectivity index (χ1v) is 10.3. The van der Waals surface area contributed by atoms with E-state index < -0.39 is 0 Å². The Bertz CT molecular complexity index is 865. The highest BCUT2D eigenvalue weighted by Crippen LogP contribution is 2.46. The largest absolute Gasteiger partial charge is 0.366 e. The average Bonchev–Trinajstić information content (AvgIpc) is 2.69. The topological polar surface area (TPSA) is 49.6 Å². The summed E-state index contributed by atoms with van der Waals surface area (Å²) in [7, 11) is 4.52. The number of nitrogens with zero attached hydrogens (tertiary/aromatic N) is 2. The van der Waals surface area contributed by atoms with Crippen molar-refractivity contribution >= 4 is 5.91 Å². The molecule has 0 aromatic heterocycles. The maximum absolute atomic E-state index is 11.8. The number of hydrogen-bond donors (Lipinski definition) is 1. The number of carbonyl (C=O) groups excluding carboxylic acids is 1. The Labute approximate surface area is 168 Å². The number of likely N-dealkylation sites (N-methyl/N-ethyl adjacent to an activating group) is 2. The zero-order chi connectivity index (χ0) is 19.9. The van der Waals surface area contributed by atoms with Gasteiger partial charge in [0.25, 0.3) is 0 Å². The highest BCUT2D eigenvalue weighted by atomic mass is 16.1. The molecule has 2 aromatic carbocycles. The number of hydrogen-bond acceptors (Lipinski definition) is 3. The molecular formula is C24H31N3O. The molecule has 2 N–H and O–H groups in total. The molecule has 1 amide bonds. The Hall–Kier alpha value is -2.17. The molecule has 2 bridgehead atoms. The minimum atomic E-state index is -0.338. The molecule has 4 heteroatoms. The van der Waals surface area contributed by atoms with Gasteiger partial charge in [0.2, 0.25) is 5.91 Å². The predicted molar refractivity (Wildman–Crippen MR) is 114 cm³/mol. The van der Waals surface area contributed by atoms with E-state index in [4.69, 9.17) is 5.73 Å². The molecule has 1 aliphatic heterocycles. The third kappa shape index (κ3) is 3.25. The molecule has 2 aliphatic rings. The van der Waals surface area contributed by atoms with E-state index in [1.54, 1.807) is 0 Å². The zero-order valence-electron chi connectivity index (χ0n) is 17.2. The molecule has 0 radical (unpaired) electrons. The van der Waals surface area contributed by atoms with Crippen LogP contribution >= 0.6 is 0 Å². The number of carbonyl (C=O) groups is 1. The second-order valence-electron chi connectivity index (χ2n) is 8.82. The molecular weight excluding hydrogens is 346 g/mol. The monoisotopic (exact) mass is 377 g/mol. The van der Waals surface area contributed by atoms with Crippen LogP contribution in [0.15, 0.2) is 48.5 Å². The van der Waals surface area contributed by atoms with E-state index in [1.165, 1.54) is 16.7 Å². The number of fused-ring (bicyclic) bond motifs is 4. The van der Waals surface area contributed by atoms with Crippen molar-refractivity contribution < 1.29 is 4.79 Å². The maximum Gasteiger partial charge on any atom is 0.248 e. The minimum absolute atomic E-state index is 0.0294. The number of rotatable bonds is 5. The summed E-state index contributed by atoms with van der Waals surface area (Å²) in [5.41, 5.74) is 10.3. The second kappa shape index (κ2) is 7.34. The number of primary amides is 1. The van der Waals surface area contributed by atoms with Crippen LogP contribution in [0, 0.1) is 0 Å². The van der Waals surface area contributed by atoms with Gasteiger partial charge < -0.3 is 15.5 Å². The van der Waals surface area contributed by atoms with Gasteiger partial charge in [0.15, 0.2) is 0 Å². The fourth-order valence-electron chi connectivity index (χ4n) is 5.48. The number of benzene rings is 2. The molecule has 4 rings (SSSR count). The summed E-state index contributed by atoms with van der Waals surface area (Å²) in [4.78, 5) is 16.9. The van der Waals surface area contributed by atoms with Crippen LogP contribution in [0.1, 0.15) is 40.4 Å². The normalized spacial score (nSPS) is 26.9. The molecule has 1 saturated heterocycles. The summed E-state index contributed by atoms with van der Waals surface area (Å²) in [6.45, 7) is 4.50. The Balaban J connectivity index is 1.66. The molecule has 1 aliphatic carbocycles. The SMILES string of the molecule is CN1CCC2(C)c3cc(C(N)=O)ccc3C[C@@H]1[C@@H]2N(C)CCc1ccccc1. The van der Waals surface area contributed by atoms with E-state index in [0.717, 1.165) is 32.4 Å². The smallest absolute Gasteiger partial charge is 0.248 e. The lowest BCUT2D eigenvalue weighted by molar-refractivity contribution is 0.00315. The van der Waals surface area contributed by atoms with Gasteiger partial charge in [-0.2, -0.15) is 0 Å². The average molecular weight is 378 g/mol. The highest BCUT2D eigenvalue weighted by molar-refractivity contribution is 5.93. The summed E-state index contributed by atoms with van der Waals surface area (Å²) in [6, 6.07) is 17.7. The van der Waals surface area contributed by atoms with Crippen molar-refractivity contribution in [2.75, 3.05) is 27.2 Å². The fourth-order valence-corrected chi connectivity index (χ4v) is 5.48. The number of piperidine rings is 1. The number of likely N-dealkylation sites (tertiary alicyclic amines) is 1. The van der Waals surface area contributed by atoms with Crippen molar-refractivity contribution in [3.63, 3.8) is 0 Å². The van der Waals surface area contributed by atoms with E-state index in [9.17, 15) is 4.79 Å². The molecule has 2 aromatic rings. The Morgan fingerprint density at radius 3 is 2.71 bits per heavy atom. The van der Waals surface area contributed by atoms with E-state index in [2.05, 4.69) is 73.3 Å². The van der Waals surface area contributed by atoms with Crippen molar-refractivity contribution in [2.45, 2.75) is 43.7 Å². The van der Waals surface area contributed by atoms with E-state index >= 15 is 0 Å². The molecule has 1 heterocycles. The van der Waals surface area contributed by atoms with Crippen LogP contribution in [0.25, 0.3) is 0 Å². The Morgan fingerprint density at radius 1 is 1.25 bits per heavy atom. The predicted octanol–water partition coefficient (Wildman–Crippen LogP) is 2.85. The van der Waals surface area contributed by atoms with Gasteiger partial charge in [0, 0.05) is 29.6 Å². The summed E-state index contributed by atoms with van der Waals surface area (Å²) >= 11 is 0. The van der Waals surface area contributed by atoms with Gasteiger partial charge in [-0.15, -0.1) is 0 Å². The van der Waals surface area contributed by atoms with Crippen LogP contribution < -0.4 is 5.73 Å². The molecule has 3 atom stereocenters. The lowest BCUT2D eigenvalue weighted by Crippen LogP contribution is -2.66. The van der Waals surface area contributed by atoms with Crippen LogP contribution in [0.5, 0.6) is 0 Å². The maximum atomic E-state index is 11.8. The van der Waals surface area contributed by atoms with Crippen molar-refractivity contribution in [1.29, 1.82) is 0 Å². The molecule has 1 unspecified atom stereocenters. The molecule has 28 heavy (non-hydrogen) atoms. The van der Waals surface area contributed by atoms with E-state index in [0.29, 0.717) is 17.6 Å². The standard InChI is InChI=1S/C24H31N3O/c1-24-12-14-26(2)21(16-18-9-10-19(23(25)28)15-20(18)24)22(24)27(3)13-11-17-7-5-4-6-8-17/h4-10,15,21-22H,11-14,16H2,1-3H3,(H2,25,28)/t21-,22+,24?/m1/s1.